The van der Waals surface area contributed by atoms with E-state index in [1.54, 1.807) is 6.92 Å². The molecule has 0 fully saturated rings. The van der Waals surface area contributed by atoms with Crippen molar-refractivity contribution in [3.05, 3.63) is 27.5 Å². The Labute approximate surface area is 92.4 Å². The first-order valence-electron chi connectivity index (χ1n) is 3.58. The SMILES string of the molecule is Cc1cnc(C(F)F)c(Br)c1C(=O)Cl. The van der Waals surface area contributed by atoms with Crippen molar-refractivity contribution in [2.75, 3.05) is 0 Å². The second-order valence-electron chi connectivity index (χ2n) is 2.59. The van der Waals surface area contributed by atoms with Crippen molar-refractivity contribution in [1.29, 1.82) is 0 Å². The molecule has 0 bridgehead atoms. The van der Waals surface area contributed by atoms with E-state index in [0.29, 0.717) is 5.56 Å². The number of halogens is 4. The van der Waals surface area contributed by atoms with Crippen molar-refractivity contribution < 1.29 is 13.6 Å². The van der Waals surface area contributed by atoms with Gasteiger partial charge in [-0.15, -0.1) is 0 Å². The summed E-state index contributed by atoms with van der Waals surface area (Å²) in [6, 6.07) is 0. The summed E-state index contributed by atoms with van der Waals surface area (Å²) in [5.41, 5.74) is 0.0258. The minimum atomic E-state index is -2.74. The number of carbonyl (C=O) groups is 1. The molecule has 1 rings (SSSR count). The minimum absolute atomic E-state index is 0.0347. The normalized spacial score (nSPS) is 10.7. The van der Waals surface area contributed by atoms with Gasteiger partial charge in [0.15, 0.2) is 0 Å². The summed E-state index contributed by atoms with van der Waals surface area (Å²) in [7, 11) is 0. The lowest BCUT2D eigenvalue weighted by molar-refractivity contribution is 0.107. The minimum Gasteiger partial charge on any atom is -0.276 e. The molecule has 14 heavy (non-hydrogen) atoms. The van der Waals surface area contributed by atoms with Crippen LogP contribution in [0.4, 0.5) is 8.78 Å². The van der Waals surface area contributed by atoms with E-state index < -0.39 is 17.4 Å². The van der Waals surface area contributed by atoms with E-state index in [0.717, 1.165) is 0 Å². The van der Waals surface area contributed by atoms with Crippen molar-refractivity contribution in [3.63, 3.8) is 0 Å². The van der Waals surface area contributed by atoms with E-state index in [2.05, 4.69) is 20.9 Å². The zero-order valence-corrected chi connectivity index (χ0v) is 9.36. The quantitative estimate of drug-likeness (QED) is 0.778. The lowest BCUT2D eigenvalue weighted by Gasteiger charge is -2.07. The van der Waals surface area contributed by atoms with Gasteiger partial charge in [0, 0.05) is 6.20 Å². The van der Waals surface area contributed by atoms with Crippen molar-refractivity contribution in [2.45, 2.75) is 13.3 Å². The van der Waals surface area contributed by atoms with Crippen LogP contribution in [0.15, 0.2) is 10.7 Å². The third-order valence-electron chi connectivity index (χ3n) is 1.64. The van der Waals surface area contributed by atoms with E-state index in [-0.39, 0.29) is 10.0 Å². The predicted molar refractivity (Wildman–Crippen MR) is 51.8 cm³/mol. The van der Waals surface area contributed by atoms with Crippen LogP contribution in [0.1, 0.15) is 28.0 Å². The summed E-state index contributed by atoms with van der Waals surface area (Å²) in [6.45, 7) is 1.57. The zero-order valence-electron chi connectivity index (χ0n) is 7.02. The molecule has 0 saturated carbocycles. The summed E-state index contributed by atoms with van der Waals surface area (Å²) in [5, 5.41) is -0.779. The molecule has 1 heterocycles. The summed E-state index contributed by atoms with van der Waals surface area (Å²) in [6.07, 6.45) is -1.54. The van der Waals surface area contributed by atoms with Crippen LogP contribution in [-0.2, 0) is 0 Å². The number of rotatable bonds is 2. The first kappa shape index (κ1) is 11.5. The maximum atomic E-state index is 12.4. The maximum Gasteiger partial charge on any atom is 0.281 e. The van der Waals surface area contributed by atoms with Gasteiger partial charge < -0.3 is 0 Å². The molecule has 0 aromatic carbocycles. The fraction of sp³-hybridized carbons (Fsp3) is 0.250. The van der Waals surface area contributed by atoms with Gasteiger partial charge in [-0.3, -0.25) is 9.78 Å². The number of pyridine rings is 1. The second-order valence-corrected chi connectivity index (χ2v) is 3.73. The second kappa shape index (κ2) is 4.31. The fourth-order valence-corrected chi connectivity index (χ4v) is 2.11. The maximum absolute atomic E-state index is 12.4. The Morgan fingerprint density at radius 1 is 1.64 bits per heavy atom. The van der Waals surface area contributed by atoms with Crippen molar-refractivity contribution >= 4 is 32.8 Å². The molecule has 0 spiro atoms. The van der Waals surface area contributed by atoms with E-state index >= 15 is 0 Å². The highest BCUT2D eigenvalue weighted by atomic mass is 79.9. The van der Waals surface area contributed by atoms with Gasteiger partial charge in [0.05, 0.1) is 10.0 Å². The largest absolute Gasteiger partial charge is 0.281 e. The number of alkyl halides is 2. The van der Waals surface area contributed by atoms with Crippen LogP contribution in [0.25, 0.3) is 0 Å². The average molecular weight is 284 g/mol. The Kier molecular flexibility index (Phi) is 3.55. The summed E-state index contributed by atoms with van der Waals surface area (Å²) < 4.78 is 24.7. The first-order valence-corrected chi connectivity index (χ1v) is 4.75. The Balaban J connectivity index is 3.41. The van der Waals surface area contributed by atoms with Crippen LogP contribution in [0.5, 0.6) is 0 Å². The molecule has 0 aliphatic rings. The number of hydrogen-bond donors (Lipinski definition) is 0. The van der Waals surface area contributed by atoms with Crippen LogP contribution < -0.4 is 0 Å². The zero-order chi connectivity index (χ0) is 10.9. The van der Waals surface area contributed by atoms with Crippen molar-refractivity contribution in [2.24, 2.45) is 0 Å². The van der Waals surface area contributed by atoms with Crippen molar-refractivity contribution in [3.8, 4) is 0 Å². The summed E-state index contributed by atoms with van der Waals surface area (Å²) in [5.74, 6) is 0. The summed E-state index contributed by atoms with van der Waals surface area (Å²) >= 11 is 8.13. The van der Waals surface area contributed by atoms with Gasteiger partial charge in [0.2, 0.25) is 0 Å². The topological polar surface area (TPSA) is 30.0 Å². The van der Waals surface area contributed by atoms with Crippen LogP contribution in [0.2, 0.25) is 0 Å². The Hall–Kier alpha value is -0.550. The van der Waals surface area contributed by atoms with E-state index in [9.17, 15) is 13.6 Å². The molecule has 2 nitrogen and oxygen atoms in total. The molecule has 0 radical (unpaired) electrons. The number of aromatic nitrogens is 1. The molecule has 0 saturated heterocycles. The summed E-state index contributed by atoms with van der Waals surface area (Å²) in [4.78, 5) is 14.4. The molecule has 0 unspecified atom stereocenters. The predicted octanol–water partition coefficient (Wildman–Crippen LogP) is 3.47. The molecule has 0 aliphatic carbocycles. The highest BCUT2D eigenvalue weighted by Crippen LogP contribution is 2.30. The molecule has 76 valence electrons. The molecular weight excluding hydrogens is 279 g/mol. The molecular formula is C8H5BrClF2NO. The Morgan fingerprint density at radius 3 is 2.64 bits per heavy atom. The van der Waals surface area contributed by atoms with E-state index in [1.165, 1.54) is 6.20 Å². The van der Waals surface area contributed by atoms with Gasteiger partial charge in [-0.25, -0.2) is 8.78 Å². The molecule has 0 aliphatic heterocycles. The number of nitrogens with zero attached hydrogens (tertiary/aromatic N) is 1. The fourth-order valence-electron chi connectivity index (χ4n) is 0.982. The van der Waals surface area contributed by atoms with Crippen LogP contribution in [0.3, 0.4) is 0 Å². The van der Waals surface area contributed by atoms with Crippen LogP contribution in [0, 0.1) is 6.92 Å². The molecule has 1 aromatic heterocycles. The van der Waals surface area contributed by atoms with E-state index in [1.807, 2.05) is 0 Å². The lowest BCUT2D eigenvalue weighted by atomic mass is 10.1. The van der Waals surface area contributed by atoms with Gasteiger partial charge in [-0.05, 0) is 40.0 Å². The van der Waals surface area contributed by atoms with Crippen LogP contribution >= 0.6 is 27.5 Å². The number of hydrogen-bond acceptors (Lipinski definition) is 2. The van der Waals surface area contributed by atoms with E-state index in [4.69, 9.17) is 11.6 Å². The molecule has 1 aromatic rings. The molecule has 0 N–H and O–H groups in total. The van der Waals surface area contributed by atoms with Gasteiger partial charge in [0.25, 0.3) is 11.7 Å². The van der Waals surface area contributed by atoms with Crippen LogP contribution in [-0.4, -0.2) is 10.2 Å². The number of aryl methyl sites for hydroxylation is 1. The van der Waals surface area contributed by atoms with Gasteiger partial charge in [-0.2, -0.15) is 0 Å². The molecule has 6 heteroatoms. The lowest BCUT2D eigenvalue weighted by Crippen LogP contribution is -2.02. The van der Waals surface area contributed by atoms with Crippen molar-refractivity contribution in [1.82, 2.24) is 4.98 Å². The molecule has 0 amide bonds. The van der Waals surface area contributed by atoms with Gasteiger partial charge in [-0.1, -0.05) is 0 Å². The third kappa shape index (κ3) is 2.09. The number of carbonyl (C=O) groups excluding carboxylic acids is 1. The van der Waals surface area contributed by atoms with Gasteiger partial charge >= 0.3 is 0 Å². The Bertz CT molecular complexity index is 384. The monoisotopic (exact) mass is 283 g/mol. The third-order valence-corrected chi connectivity index (χ3v) is 2.63. The molecule has 0 atom stereocenters. The Morgan fingerprint density at radius 2 is 2.21 bits per heavy atom. The first-order chi connectivity index (χ1) is 6.45. The van der Waals surface area contributed by atoms with Gasteiger partial charge in [0.1, 0.15) is 5.69 Å². The highest BCUT2D eigenvalue weighted by molar-refractivity contribution is 9.10. The standard InChI is InChI=1S/C8H5BrClF2NO/c1-3-2-13-6(8(11)12)5(9)4(3)7(10)14/h2,8H,1H3. The average Bonchev–Trinajstić information content (AvgIpc) is 2.02. The smallest absolute Gasteiger partial charge is 0.276 e. The highest BCUT2D eigenvalue weighted by Gasteiger charge is 2.20.